The van der Waals surface area contributed by atoms with Gasteiger partial charge in [0.15, 0.2) is 5.75 Å². The van der Waals surface area contributed by atoms with Crippen molar-refractivity contribution in [2.45, 2.75) is 13.0 Å². The molecule has 0 amide bonds. The van der Waals surface area contributed by atoms with Crippen LogP contribution in [0.2, 0.25) is 5.02 Å². The number of carbonyl (C=O) groups is 1. The maximum atomic E-state index is 13.2. The summed E-state index contributed by atoms with van der Waals surface area (Å²) in [6.07, 6.45) is 0.0144. The number of rotatable bonds is 5. The smallest absolute Gasteiger partial charge is 0.449 e. The second-order valence-electron chi connectivity index (χ2n) is 5.87. The van der Waals surface area contributed by atoms with Crippen LogP contribution in [0.25, 0.3) is 10.9 Å². The normalized spacial score (nSPS) is 10.9. The molecule has 6 nitrogen and oxygen atoms in total. The summed E-state index contributed by atoms with van der Waals surface area (Å²) in [5.41, 5.74) is 1.37. The number of ether oxygens (including phenoxy) is 1. The van der Waals surface area contributed by atoms with Gasteiger partial charge in [-0.2, -0.15) is 0 Å². The minimum absolute atomic E-state index is 0.163. The second kappa shape index (κ2) is 7.77. The minimum Gasteiger partial charge on any atom is -0.449 e. The van der Waals surface area contributed by atoms with E-state index in [2.05, 4.69) is 4.74 Å². The lowest BCUT2D eigenvalue weighted by atomic mass is 10.0. The van der Waals surface area contributed by atoms with Gasteiger partial charge in [0.05, 0.1) is 18.3 Å². The number of nitrogens with zero attached hydrogens (tertiary/aromatic N) is 1. The van der Waals surface area contributed by atoms with Crippen molar-refractivity contribution in [1.29, 1.82) is 0 Å². The van der Waals surface area contributed by atoms with E-state index < -0.39 is 17.4 Å². The predicted molar refractivity (Wildman–Crippen MR) is 98.2 cm³/mol. The summed E-state index contributed by atoms with van der Waals surface area (Å²) in [4.78, 5) is 23.4. The molecule has 0 saturated heterocycles. The van der Waals surface area contributed by atoms with Crippen LogP contribution in [-0.2, 0) is 13.0 Å². The fourth-order valence-electron chi connectivity index (χ4n) is 2.87. The largest absolute Gasteiger partial charge is 0.511 e. The van der Waals surface area contributed by atoms with Gasteiger partial charge in [0.1, 0.15) is 5.82 Å². The van der Waals surface area contributed by atoms with Crippen LogP contribution >= 0.6 is 11.6 Å². The molecule has 0 aliphatic carbocycles. The SMILES string of the molecule is O=C(O)Oc1cn(CCO)c2ccc(Cc3ccc(F)cc3Cl)cc2c1=O. The van der Waals surface area contributed by atoms with Crippen LogP contribution in [0.3, 0.4) is 0 Å². The Kier molecular flexibility index (Phi) is 5.43. The molecule has 1 heterocycles. The average Bonchev–Trinajstić information content (AvgIpc) is 2.61. The Bertz CT molecular complexity index is 1080. The zero-order chi connectivity index (χ0) is 19.6. The van der Waals surface area contributed by atoms with Crippen LogP contribution in [0.4, 0.5) is 9.18 Å². The van der Waals surface area contributed by atoms with E-state index in [1.54, 1.807) is 28.8 Å². The van der Waals surface area contributed by atoms with Crippen LogP contribution in [-0.4, -0.2) is 27.5 Å². The molecule has 3 aromatic rings. The first-order valence-electron chi connectivity index (χ1n) is 8.00. The molecule has 3 rings (SSSR count). The molecular formula is C19H15ClFNO5. The van der Waals surface area contributed by atoms with Gasteiger partial charge in [0.2, 0.25) is 5.43 Å². The maximum Gasteiger partial charge on any atom is 0.511 e. The molecule has 0 unspecified atom stereocenters. The highest BCUT2D eigenvalue weighted by Crippen LogP contribution is 2.23. The number of pyridine rings is 1. The van der Waals surface area contributed by atoms with Crippen molar-refractivity contribution in [3.8, 4) is 5.75 Å². The van der Waals surface area contributed by atoms with E-state index in [4.69, 9.17) is 16.7 Å². The van der Waals surface area contributed by atoms with Gasteiger partial charge in [-0.1, -0.05) is 23.7 Å². The van der Waals surface area contributed by atoms with Crippen molar-refractivity contribution >= 4 is 28.7 Å². The Balaban J connectivity index is 2.10. The van der Waals surface area contributed by atoms with Crippen molar-refractivity contribution in [2.24, 2.45) is 0 Å². The fraction of sp³-hybridized carbons (Fsp3) is 0.158. The number of halogens is 2. The molecule has 0 bridgehead atoms. The predicted octanol–water partition coefficient (Wildman–Crippen LogP) is 3.43. The van der Waals surface area contributed by atoms with E-state index in [1.807, 2.05) is 0 Å². The molecule has 0 spiro atoms. The first-order valence-corrected chi connectivity index (χ1v) is 8.38. The third-order valence-electron chi connectivity index (χ3n) is 4.06. The van der Waals surface area contributed by atoms with Crippen LogP contribution in [0, 0.1) is 5.82 Å². The summed E-state index contributed by atoms with van der Waals surface area (Å²) in [5, 5.41) is 18.6. The van der Waals surface area contributed by atoms with Gasteiger partial charge in [0.25, 0.3) is 0 Å². The number of fused-ring (bicyclic) bond motifs is 1. The van der Waals surface area contributed by atoms with Crippen molar-refractivity contribution in [3.63, 3.8) is 0 Å². The molecule has 0 fully saturated rings. The van der Waals surface area contributed by atoms with Gasteiger partial charge in [-0.25, -0.2) is 9.18 Å². The second-order valence-corrected chi connectivity index (χ2v) is 6.28. The summed E-state index contributed by atoms with van der Waals surface area (Å²) in [6, 6.07) is 9.17. The zero-order valence-electron chi connectivity index (χ0n) is 14.0. The molecule has 0 saturated carbocycles. The molecule has 2 N–H and O–H groups in total. The maximum absolute atomic E-state index is 13.2. The molecule has 0 aliphatic heterocycles. The number of aliphatic hydroxyl groups is 1. The summed E-state index contributed by atoms with van der Waals surface area (Å²) < 4.78 is 19.3. The fourth-order valence-corrected chi connectivity index (χ4v) is 3.11. The lowest BCUT2D eigenvalue weighted by molar-refractivity contribution is 0.143. The van der Waals surface area contributed by atoms with Gasteiger partial charge in [-0.3, -0.25) is 4.79 Å². The molecule has 0 radical (unpaired) electrons. The number of benzene rings is 2. The molecule has 0 atom stereocenters. The number of aliphatic hydroxyl groups excluding tert-OH is 1. The summed E-state index contributed by atoms with van der Waals surface area (Å²) in [7, 11) is 0. The Hall–Kier alpha value is -2.90. The molecule has 8 heteroatoms. The minimum atomic E-state index is -1.60. The first-order chi connectivity index (χ1) is 12.9. The summed E-state index contributed by atoms with van der Waals surface area (Å²) >= 11 is 6.06. The Morgan fingerprint density at radius 2 is 2.00 bits per heavy atom. The van der Waals surface area contributed by atoms with Crippen LogP contribution < -0.4 is 10.2 Å². The standard InChI is InChI=1S/C19H15ClFNO5/c20-15-9-13(21)3-2-12(15)7-11-1-4-16-14(8-11)18(24)17(27-19(25)26)10-22(16)5-6-23/h1-4,8-10,23H,5-7H2,(H,25,26). The zero-order valence-corrected chi connectivity index (χ0v) is 14.7. The van der Waals surface area contributed by atoms with Crippen molar-refractivity contribution < 1.29 is 24.1 Å². The van der Waals surface area contributed by atoms with Crippen LogP contribution in [0.1, 0.15) is 11.1 Å². The van der Waals surface area contributed by atoms with Crippen molar-refractivity contribution in [1.82, 2.24) is 4.57 Å². The molecule has 1 aromatic heterocycles. The molecule has 27 heavy (non-hydrogen) atoms. The van der Waals surface area contributed by atoms with Gasteiger partial charge < -0.3 is 19.5 Å². The van der Waals surface area contributed by atoms with Gasteiger partial charge in [-0.15, -0.1) is 0 Å². The highest BCUT2D eigenvalue weighted by molar-refractivity contribution is 6.31. The lowest BCUT2D eigenvalue weighted by Crippen LogP contribution is -2.17. The van der Waals surface area contributed by atoms with E-state index >= 15 is 0 Å². The Morgan fingerprint density at radius 1 is 1.22 bits per heavy atom. The third-order valence-corrected chi connectivity index (χ3v) is 4.41. The number of aromatic nitrogens is 1. The number of carboxylic acid groups (broad SMARTS) is 1. The quantitative estimate of drug-likeness (QED) is 0.650. The highest BCUT2D eigenvalue weighted by Gasteiger charge is 2.14. The van der Waals surface area contributed by atoms with E-state index in [1.165, 1.54) is 18.3 Å². The van der Waals surface area contributed by atoms with Gasteiger partial charge in [0, 0.05) is 17.0 Å². The van der Waals surface area contributed by atoms with Gasteiger partial charge in [-0.05, 0) is 41.8 Å². The van der Waals surface area contributed by atoms with E-state index in [-0.39, 0.29) is 29.3 Å². The molecule has 140 valence electrons. The van der Waals surface area contributed by atoms with E-state index in [0.29, 0.717) is 17.5 Å². The van der Waals surface area contributed by atoms with Crippen LogP contribution in [0.5, 0.6) is 5.75 Å². The first kappa shape index (κ1) is 18.9. The van der Waals surface area contributed by atoms with E-state index in [9.17, 15) is 19.1 Å². The summed E-state index contributed by atoms with van der Waals surface area (Å²) in [5.74, 6) is -0.787. The van der Waals surface area contributed by atoms with E-state index in [0.717, 1.165) is 5.56 Å². The summed E-state index contributed by atoms with van der Waals surface area (Å²) in [6.45, 7) is -0.0344. The number of hydrogen-bond acceptors (Lipinski definition) is 4. The average molecular weight is 392 g/mol. The van der Waals surface area contributed by atoms with Crippen LogP contribution in [0.15, 0.2) is 47.4 Å². The topological polar surface area (TPSA) is 88.8 Å². The van der Waals surface area contributed by atoms with Gasteiger partial charge >= 0.3 is 6.16 Å². The Morgan fingerprint density at radius 3 is 2.67 bits per heavy atom. The molecular weight excluding hydrogens is 377 g/mol. The monoisotopic (exact) mass is 391 g/mol. The van der Waals surface area contributed by atoms with Crippen molar-refractivity contribution in [3.05, 3.63) is 74.8 Å². The Labute approximate surface area is 158 Å². The van der Waals surface area contributed by atoms with Crippen molar-refractivity contribution in [2.75, 3.05) is 6.61 Å². The molecule has 2 aromatic carbocycles. The lowest BCUT2D eigenvalue weighted by Gasteiger charge is -2.13. The third kappa shape index (κ3) is 4.10. The highest BCUT2D eigenvalue weighted by atomic mass is 35.5. The number of hydrogen-bond donors (Lipinski definition) is 2. The molecule has 0 aliphatic rings.